The summed E-state index contributed by atoms with van der Waals surface area (Å²) in [6.07, 6.45) is 0. The maximum absolute atomic E-state index is 14.5. The molecule has 0 spiro atoms. The molecule has 7 heteroatoms. The first kappa shape index (κ1) is 21.2. The summed E-state index contributed by atoms with van der Waals surface area (Å²) in [6.45, 7) is 4.49. The quantitative estimate of drug-likeness (QED) is 0.427. The highest BCUT2D eigenvalue weighted by molar-refractivity contribution is 6.04. The summed E-state index contributed by atoms with van der Waals surface area (Å²) in [7, 11) is 0. The van der Waals surface area contributed by atoms with Gasteiger partial charge in [-0.3, -0.25) is 0 Å². The Morgan fingerprint density at radius 3 is 2.33 bits per heavy atom. The standard InChI is InChI=1S/C26H21F2NO4/c1-14-9-18(7-8-19(14)28)29-20-10-17(27)11-21(30)23(20)22(24(29)26(2)12-33-13-26)15-3-5-16(6-4-15)25(31)32/h3-11,30H,12-13H2,1-2H3,(H,31,32). The molecule has 1 aliphatic rings. The van der Waals surface area contributed by atoms with Crippen molar-refractivity contribution in [2.75, 3.05) is 13.2 Å². The van der Waals surface area contributed by atoms with Gasteiger partial charge in [-0.15, -0.1) is 0 Å². The molecule has 1 saturated heterocycles. The fourth-order valence-electron chi connectivity index (χ4n) is 4.57. The topological polar surface area (TPSA) is 71.7 Å². The molecule has 4 aromatic rings. The third kappa shape index (κ3) is 3.27. The van der Waals surface area contributed by atoms with Crippen LogP contribution in [0.1, 0.15) is 28.5 Å². The molecule has 0 atom stereocenters. The normalized spacial score (nSPS) is 14.9. The molecule has 2 heterocycles. The van der Waals surface area contributed by atoms with Gasteiger partial charge in [-0.1, -0.05) is 12.1 Å². The van der Waals surface area contributed by atoms with Crippen LogP contribution in [0.15, 0.2) is 54.6 Å². The van der Waals surface area contributed by atoms with Gasteiger partial charge in [0.15, 0.2) is 0 Å². The van der Waals surface area contributed by atoms with Crippen molar-refractivity contribution in [1.82, 2.24) is 4.57 Å². The van der Waals surface area contributed by atoms with Gasteiger partial charge in [-0.25, -0.2) is 13.6 Å². The fraction of sp³-hybridized carbons (Fsp3) is 0.192. The number of phenolic OH excluding ortho intramolecular Hbond substituents is 1. The highest BCUT2D eigenvalue weighted by Gasteiger charge is 2.42. The highest BCUT2D eigenvalue weighted by atomic mass is 19.1. The first-order chi connectivity index (χ1) is 15.7. The average Bonchev–Trinajstić information content (AvgIpc) is 3.09. The first-order valence-corrected chi connectivity index (χ1v) is 10.4. The van der Waals surface area contributed by atoms with E-state index in [2.05, 4.69) is 0 Å². The number of hydrogen-bond acceptors (Lipinski definition) is 3. The van der Waals surface area contributed by atoms with Crippen molar-refractivity contribution < 1.29 is 28.5 Å². The summed E-state index contributed by atoms with van der Waals surface area (Å²) >= 11 is 0. The van der Waals surface area contributed by atoms with Gasteiger partial charge in [0.05, 0.1) is 35.1 Å². The van der Waals surface area contributed by atoms with Gasteiger partial charge in [0, 0.05) is 23.0 Å². The van der Waals surface area contributed by atoms with Crippen molar-refractivity contribution in [3.05, 3.63) is 83.1 Å². The molecule has 0 aliphatic carbocycles. The van der Waals surface area contributed by atoms with Crippen LogP contribution in [0.25, 0.3) is 27.7 Å². The largest absolute Gasteiger partial charge is 0.507 e. The minimum Gasteiger partial charge on any atom is -0.507 e. The van der Waals surface area contributed by atoms with Gasteiger partial charge >= 0.3 is 5.97 Å². The molecule has 5 nitrogen and oxygen atoms in total. The number of aromatic hydroxyl groups is 1. The van der Waals surface area contributed by atoms with Gasteiger partial charge in [0.2, 0.25) is 0 Å². The van der Waals surface area contributed by atoms with Gasteiger partial charge in [0.1, 0.15) is 17.4 Å². The van der Waals surface area contributed by atoms with Crippen LogP contribution >= 0.6 is 0 Å². The van der Waals surface area contributed by atoms with Crippen LogP contribution in [-0.4, -0.2) is 34.0 Å². The van der Waals surface area contributed by atoms with Crippen LogP contribution in [0.3, 0.4) is 0 Å². The molecule has 1 fully saturated rings. The number of phenols is 1. The summed E-state index contributed by atoms with van der Waals surface area (Å²) in [6, 6.07) is 13.4. The summed E-state index contributed by atoms with van der Waals surface area (Å²) < 4.78 is 35.9. The number of benzene rings is 3. The van der Waals surface area contributed by atoms with Crippen molar-refractivity contribution in [3.8, 4) is 22.6 Å². The molecule has 0 radical (unpaired) electrons. The molecular formula is C26H21F2NO4. The lowest BCUT2D eigenvalue weighted by Crippen LogP contribution is -2.45. The van der Waals surface area contributed by atoms with Crippen molar-refractivity contribution in [3.63, 3.8) is 0 Å². The predicted molar refractivity (Wildman–Crippen MR) is 120 cm³/mol. The highest BCUT2D eigenvalue weighted by Crippen LogP contribution is 2.48. The molecule has 33 heavy (non-hydrogen) atoms. The zero-order valence-electron chi connectivity index (χ0n) is 18.0. The lowest BCUT2D eigenvalue weighted by Gasteiger charge is -2.40. The molecule has 0 saturated carbocycles. The van der Waals surface area contributed by atoms with Gasteiger partial charge in [0.25, 0.3) is 0 Å². The Hall–Kier alpha value is -3.71. The van der Waals surface area contributed by atoms with Crippen LogP contribution in [0.4, 0.5) is 8.78 Å². The Morgan fingerprint density at radius 1 is 1.06 bits per heavy atom. The fourth-order valence-corrected chi connectivity index (χ4v) is 4.57. The van der Waals surface area contributed by atoms with E-state index in [1.165, 1.54) is 24.3 Å². The van der Waals surface area contributed by atoms with E-state index >= 15 is 0 Å². The third-order valence-electron chi connectivity index (χ3n) is 6.25. The van der Waals surface area contributed by atoms with Crippen molar-refractivity contribution in [2.24, 2.45) is 0 Å². The Balaban J connectivity index is 1.92. The van der Waals surface area contributed by atoms with E-state index in [1.54, 1.807) is 31.2 Å². The average molecular weight is 449 g/mol. The third-order valence-corrected chi connectivity index (χ3v) is 6.25. The monoisotopic (exact) mass is 449 g/mol. The number of carbonyl (C=O) groups is 1. The molecule has 1 aliphatic heterocycles. The number of aryl methyl sites for hydroxylation is 1. The number of aromatic nitrogens is 1. The Bertz CT molecular complexity index is 1420. The van der Waals surface area contributed by atoms with E-state index in [9.17, 15) is 23.8 Å². The maximum Gasteiger partial charge on any atom is 0.335 e. The zero-order chi connectivity index (χ0) is 23.5. The Labute approximate surface area is 188 Å². The molecule has 168 valence electrons. The number of halogens is 2. The molecule has 5 rings (SSSR count). The lowest BCUT2D eigenvalue weighted by molar-refractivity contribution is -0.0523. The van der Waals surface area contributed by atoms with Gasteiger partial charge < -0.3 is 19.5 Å². The SMILES string of the molecule is Cc1cc(-n2c(C3(C)COC3)c(-c3ccc(C(=O)O)cc3)c3c(O)cc(F)cc32)ccc1F. The van der Waals surface area contributed by atoms with Crippen LogP contribution in [0.5, 0.6) is 5.75 Å². The van der Waals surface area contributed by atoms with E-state index in [-0.39, 0.29) is 17.1 Å². The van der Waals surface area contributed by atoms with E-state index in [4.69, 9.17) is 4.74 Å². The minimum absolute atomic E-state index is 0.131. The summed E-state index contributed by atoms with van der Waals surface area (Å²) in [4.78, 5) is 11.3. The van der Waals surface area contributed by atoms with Gasteiger partial charge in [-0.05, 0) is 61.4 Å². The second-order valence-corrected chi connectivity index (χ2v) is 8.75. The maximum atomic E-state index is 14.5. The molecule has 0 unspecified atom stereocenters. The number of ether oxygens (including phenoxy) is 1. The molecule has 1 aromatic heterocycles. The van der Waals surface area contributed by atoms with Crippen molar-refractivity contribution in [1.29, 1.82) is 0 Å². The number of fused-ring (bicyclic) bond motifs is 1. The minimum atomic E-state index is -1.05. The van der Waals surface area contributed by atoms with Crippen LogP contribution in [0, 0.1) is 18.6 Å². The molecule has 2 N–H and O–H groups in total. The smallest absolute Gasteiger partial charge is 0.335 e. The number of hydrogen-bond donors (Lipinski definition) is 2. The van der Waals surface area contributed by atoms with Gasteiger partial charge in [-0.2, -0.15) is 0 Å². The predicted octanol–water partition coefficient (Wildman–Crippen LogP) is 5.58. The van der Waals surface area contributed by atoms with E-state index in [0.717, 1.165) is 11.8 Å². The van der Waals surface area contributed by atoms with E-state index in [0.29, 0.717) is 46.5 Å². The number of aromatic carboxylic acids is 1. The summed E-state index contributed by atoms with van der Waals surface area (Å²) in [5.74, 6) is -2.24. The number of carboxylic acid groups (broad SMARTS) is 1. The molecule has 0 amide bonds. The second kappa shape index (κ2) is 7.42. The summed E-state index contributed by atoms with van der Waals surface area (Å²) in [5.41, 5.74) is 3.26. The lowest BCUT2D eigenvalue weighted by atomic mass is 9.80. The van der Waals surface area contributed by atoms with E-state index in [1.807, 2.05) is 11.5 Å². The molecule has 3 aromatic carbocycles. The Kier molecular flexibility index (Phi) is 4.76. The van der Waals surface area contributed by atoms with Crippen molar-refractivity contribution >= 4 is 16.9 Å². The summed E-state index contributed by atoms with van der Waals surface area (Å²) in [5, 5.41) is 20.6. The number of nitrogens with zero attached hydrogens (tertiary/aromatic N) is 1. The second-order valence-electron chi connectivity index (χ2n) is 8.75. The van der Waals surface area contributed by atoms with E-state index < -0.39 is 17.2 Å². The molecular weight excluding hydrogens is 428 g/mol. The molecule has 0 bridgehead atoms. The number of rotatable bonds is 4. The van der Waals surface area contributed by atoms with Crippen molar-refractivity contribution in [2.45, 2.75) is 19.3 Å². The zero-order valence-corrected chi connectivity index (χ0v) is 18.0. The number of carboxylic acids is 1. The Morgan fingerprint density at radius 2 is 1.76 bits per heavy atom. The van der Waals surface area contributed by atoms with Crippen LogP contribution in [0.2, 0.25) is 0 Å². The first-order valence-electron chi connectivity index (χ1n) is 10.4. The van der Waals surface area contributed by atoms with Crippen LogP contribution < -0.4 is 0 Å². The van der Waals surface area contributed by atoms with Crippen LogP contribution in [-0.2, 0) is 10.2 Å².